The van der Waals surface area contributed by atoms with Gasteiger partial charge in [-0.05, 0) is 36.8 Å². The average Bonchev–Trinajstić information content (AvgIpc) is 3.61. The Labute approximate surface area is 269 Å². The summed E-state index contributed by atoms with van der Waals surface area (Å²) in [6.45, 7) is 0.621. The number of oxazole rings is 1. The van der Waals surface area contributed by atoms with Crippen LogP contribution in [-0.2, 0) is 26.8 Å². The highest BCUT2D eigenvalue weighted by Gasteiger charge is 2.26. The molecule has 0 fully saturated rings. The van der Waals surface area contributed by atoms with E-state index in [0.29, 0.717) is 18.2 Å². The van der Waals surface area contributed by atoms with Crippen LogP contribution in [0.2, 0.25) is 0 Å². The number of nitrogens with zero attached hydrogens (tertiary/aromatic N) is 4. The lowest BCUT2D eigenvalue weighted by Gasteiger charge is -2.17. The van der Waals surface area contributed by atoms with E-state index in [1.54, 1.807) is 59.1 Å². The fourth-order valence-electron chi connectivity index (χ4n) is 5.04. The second-order valence-corrected chi connectivity index (χ2v) is 14.7. The molecule has 0 amide bonds. The van der Waals surface area contributed by atoms with Crippen molar-refractivity contribution in [2.75, 3.05) is 42.1 Å². The van der Waals surface area contributed by atoms with Crippen LogP contribution in [-0.4, -0.2) is 62.8 Å². The highest BCUT2D eigenvalue weighted by atomic mass is 32.2. The van der Waals surface area contributed by atoms with E-state index >= 15 is 0 Å². The first-order chi connectivity index (χ1) is 21.8. The molecule has 2 aromatic carbocycles. The van der Waals surface area contributed by atoms with Crippen molar-refractivity contribution in [3.8, 4) is 5.75 Å². The molecule has 244 valence electrons. The van der Waals surface area contributed by atoms with Gasteiger partial charge in [0.05, 0.1) is 17.2 Å². The smallest absolute Gasteiger partial charge is 0.363 e. The van der Waals surface area contributed by atoms with Crippen LogP contribution in [0.25, 0.3) is 28.4 Å². The Hall–Kier alpha value is -4.22. The molecule has 0 saturated heterocycles. The van der Waals surface area contributed by atoms with Crippen LogP contribution in [0.3, 0.4) is 0 Å². The van der Waals surface area contributed by atoms with E-state index in [9.17, 15) is 21.6 Å². The van der Waals surface area contributed by atoms with Gasteiger partial charge in [-0.1, -0.05) is 35.6 Å². The number of allylic oxidation sites excluding steroid dienone is 2. The Kier molecular flexibility index (Phi) is 9.83. The lowest BCUT2D eigenvalue weighted by molar-refractivity contribution is -0.668. The van der Waals surface area contributed by atoms with Gasteiger partial charge in [-0.25, -0.2) is 9.47 Å². The monoisotopic (exact) mass is 689 g/mol. The molecule has 3 heterocycles. The summed E-state index contributed by atoms with van der Waals surface area (Å²) in [7, 11) is -4.71. The third-order valence-corrected chi connectivity index (χ3v) is 9.69. The summed E-state index contributed by atoms with van der Waals surface area (Å²) in [5.41, 5.74) is 1.30. The number of para-hydroxylation sites is 3. The Morgan fingerprint density at radius 1 is 0.935 bits per heavy atom. The van der Waals surface area contributed by atoms with Gasteiger partial charge in [-0.15, -0.1) is 0 Å². The van der Waals surface area contributed by atoms with Crippen molar-refractivity contribution in [2.24, 2.45) is 0 Å². The van der Waals surface area contributed by atoms with Crippen molar-refractivity contribution in [2.45, 2.75) is 19.4 Å². The first kappa shape index (κ1) is 33.2. The van der Waals surface area contributed by atoms with Gasteiger partial charge in [0.15, 0.2) is 17.6 Å². The summed E-state index contributed by atoms with van der Waals surface area (Å²) in [5.74, 6) is 0.181. The van der Waals surface area contributed by atoms with Crippen LogP contribution < -0.4 is 35.7 Å². The molecule has 0 bridgehead atoms. The summed E-state index contributed by atoms with van der Waals surface area (Å²) >= 11 is 1.51. The van der Waals surface area contributed by atoms with Gasteiger partial charge in [0.25, 0.3) is 25.2 Å². The van der Waals surface area contributed by atoms with Crippen LogP contribution in [0.15, 0.2) is 75.8 Å². The molecule has 2 aromatic heterocycles. The van der Waals surface area contributed by atoms with Gasteiger partial charge in [0.1, 0.15) is 4.70 Å². The predicted molar refractivity (Wildman–Crippen MR) is 177 cm³/mol. The number of aromatic nitrogens is 2. The minimum Gasteiger partial charge on any atom is -0.439 e. The van der Waals surface area contributed by atoms with Gasteiger partial charge in [0, 0.05) is 51.4 Å². The zero-order valence-electron chi connectivity index (χ0n) is 25.0. The average molecular weight is 690 g/mol. The molecular weight excluding hydrogens is 657 g/mol. The van der Waals surface area contributed by atoms with E-state index in [4.69, 9.17) is 18.3 Å². The highest BCUT2D eigenvalue weighted by molar-refractivity contribution is 7.86. The Bertz CT molecular complexity index is 2210. The van der Waals surface area contributed by atoms with Crippen LogP contribution >= 0.6 is 11.3 Å². The summed E-state index contributed by atoms with van der Waals surface area (Å²) in [6, 6.07) is 15.0. The second-order valence-electron chi connectivity index (χ2n) is 10.5. The van der Waals surface area contributed by atoms with E-state index in [1.807, 2.05) is 53.1 Å². The second kappa shape index (κ2) is 13.6. The number of rotatable bonds is 12. The maximum absolute atomic E-state index is 13.0. The maximum Gasteiger partial charge on any atom is 0.363 e. The molecule has 1 aliphatic rings. The molecule has 16 heteroatoms. The Morgan fingerprint density at radius 2 is 1.63 bits per heavy atom. The van der Waals surface area contributed by atoms with Crippen molar-refractivity contribution < 1.29 is 39.7 Å². The van der Waals surface area contributed by atoms with Gasteiger partial charge >= 0.3 is 5.63 Å². The van der Waals surface area contributed by atoms with Crippen LogP contribution in [0.4, 0.5) is 5.69 Å². The van der Waals surface area contributed by atoms with Crippen molar-refractivity contribution in [1.29, 1.82) is 0 Å². The first-order valence-electron chi connectivity index (χ1n) is 14.2. The van der Waals surface area contributed by atoms with Gasteiger partial charge in [0.2, 0.25) is 16.9 Å². The summed E-state index contributed by atoms with van der Waals surface area (Å²) in [6.07, 6.45) is 8.75. The molecular formula is C30H33N4O9S3+. The SMILES string of the molecule is CN(C)n1c(=CC=Cc2sc3ccccc3[n+]2CCCS(=O)(=O)O)oc(=O)c1=CC=C1Oc2ccccc2N1CCCS(=O)(=O)O. The minimum atomic E-state index is -4.13. The number of aryl methyl sites for hydroxylation is 1. The Morgan fingerprint density at radius 3 is 2.37 bits per heavy atom. The zero-order chi connectivity index (χ0) is 33.1. The quantitative estimate of drug-likeness (QED) is 0.165. The molecule has 0 saturated carbocycles. The van der Waals surface area contributed by atoms with Crippen molar-refractivity contribution in [3.05, 3.63) is 92.9 Å². The molecule has 13 nitrogen and oxygen atoms in total. The standard InChI is InChI=1S/C30H32N4O9S3/c1-31(2)34-24(16-17-27-32(18-8-20-45(36,37)38)22-10-3-5-12-25(22)42-27)30(35)43-28(34)14-7-15-29-33(19-9-21-46(39,40)41)23-11-4-6-13-26(23)44-29/h3-7,10-17H,8-9,18-21H2,1-2H3,(H-,36,37,38,39,40,41)/p+1. The normalized spacial score (nSPS) is 15.4. The molecule has 0 aliphatic carbocycles. The van der Waals surface area contributed by atoms with E-state index in [1.165, 1.54) is 11.3 Å². The number of fused-ring (bicyclic) bond motifs is 2. The number of benzene rings is 2. The van der Waals surface area contributed by atoms with E-state index in [0.717, 1.165) is 20.9 Å². The first-order valence-corrected chi connectivity index (χ1v) is 18.2. The number of hydrogen-bond acceptors (Lipinski definition) is 10. The Balaban J connectivity index is 1.48. The van der Waals surface area contributed by atoms with Crippen molar-refractivity contribution in [1.82, 2.24) is 4.68 Å². The fraction of sp³-hybridized carbons (Fsp3) is 0.267. The highest BCUT2D eigenvalue weighted by Crippen LogP contribution is 2.38. The summed E-state index contributed by atoms with van der Waals surface area (Å²) < 4.78 is 79.5. The lowest BCUT2D eigenvalue weighted by Crippen LogP contribution is -2.44. The van der Waals surface area contributed by atoms with E-state index < -0.39 is 31.6 Å². The number of thiazole rings is 1. The molecule has 4 aromatic rings. The topological polar surface area (TPSA) is 163 Å². The van der Waals surface area contributed by atoms with Gasteiger partial charge in [-0.2, -0.15) is 21.4 Å². The maximum atomic E-state index is 13.0. The molecule has 2 N–H and O–H groups in total. The van der Waals surface area contributed by atoms with Gasteiger partial charge < -0.3 is 19.1 Å². The number of hydrogen-bond donors (Lipinski definition) is 2. The molecule has 0 atom stereocenters. The largest absolute Gasteiger partial charge is 0.439 e. The van der Waals surface area contributed by atoms with E-state index in [2.05, 4.69) is 0 Å². The lowest BCUT2D eigenvalue weighted by atomic mass is 10.2. The number of ether oxygens (including phenoxy) is 1. The predicted octanol–water partition coefficient (Wildman–Crippen LogP) is 1.71. The minimum absolute atomic E-state index is 0.149. The van der Waals surface area contributed by atoms with Crippen LogP contribution in [0.5, 0.6) is 5.75 Å². The van der Waals surface area contributed by atoms with E-state index in [-0.39, 0.29) is 36.0 Å². The third-order valence-electron chi connectivity index (χ3n) is 6.95. The molecule has 0 radical (unpaired) electrons. The van der Waals surface area contributed by atoms with Crippen LogP contribution in [0.1, 0.15) is 17.8 Å². The fourth-order valence-corrected chi connectivity index (χ4v) is 7.13. The van der Waals surface area contributed by atoms with Crippen LogP contribution in [0, 0.1) is 0 Å². The number of anilines is 1. The van der Waals surface area contributed by atoms with Gasteiger partial charge in [-0.3, -0.25) is 9.11 Å². The summed E-state index contributed by atoms with van der Waals surface area (Å²) in [4.78, 5) is 14.8. The molecule has 0 unspecified atom stereocenters. The molecule has 46 heavy (non-hydrogen) atoms. The zero-order valence-corrected chi connectivity index (χ0v) is 27.5. The molecule has 1 aliphatic heterocycles. The summed E-state index contributed by atoms with van der Waals surface area (Å²) in [5, 5.41) is 2.72. The van der Waals surface area contributed by atoms with Crippen molar-refractivity contribution in [3.63, 3.8) is 0 Å². The third kappa shape index (κ3) is 7.94. The molecule has 5 rings (SSSR count). The molecule has 0 spiro atoms. The van der Waals surface area contributed by atoms with Crippen molar-refractivity contribution >= 4 is 65.7 Å².